The molecular weight excluding hydrogens is 288 g/mol. The molecule has 0 unspecified atom stereocenters. The fraction of sp³-hybridized carbons (Fsp3) is 0.0909. The van der Waals surface area contributed by atoms with Gasteiger partial charge in [0.05, 0.1) is 28.9 Å². The number of rotatable bonds is 4. The van der Waals surface area contributed by atoms with Crippen LogP contribution in [0.2, 0.25) is 5.02 Å². The van der Waals surface area contributed by atoms with Crippen LogP contribution < -0.4 is 4.72 Å². The van der Waals surface area contributed by atoms with Crippen molar-refractivity contribution in [2.75, 3.05) is 0 Å². The van der Waals surface area contributed by atoms with E-state index >= 15 is 0 Å². The van der Waals surface area contributed by atoms with Crippen molar-refractivity contribution in [1.82, 2.24) is 14.9 Å². The van der Waals surface area contributed by atoms with Gasteiger partial charge in [0.1, 0.15) is 4.90 Å². The Kier molecular flexibility index (Phi) is 3.85. The van der Waals surface area contributed by atoms with Crippen molar-refractivity contribution in [3.8, 4) is 6.07 Å². The summed E-state index contributed by atoms with van der Waals surface area (Å²) in [7, 11) is -3.78. The maximum atomic E-state index is 12.1. The van der Waals surface area contributed by atoms with E-state index in [4.69, 9.17) is 16.9 Å². The van der Waals surface area contributed by atoms with Crippen molar-refractivity contribution in [1.29, 1.82) is 5.26 Å². The minimum atomic E-state index is -3.78. The zero-order valence-corrected chi connectivity index (χ0v) is 11.2. The largest absolute Gasteiger partial charge is 0.281 e. The fourth-order valence-electron chi connectivity index (χ4n) is 1.41. The van der Waals surface area contributed by atoms with Crippen LogP contribution in [-0.2, 0) is 16.6 Å². The van der Waals surface area contributed by atoms with E-state index < -0.39 is 10.0 Å². The Bertz CT molecular complexity index is 720. The van der Waals surface area contributed by atoms with Gasteiger partial charge in [-0.1, -0.05) is 11.6 Å². The second kappa shape index (κ2) is 5.40. The molecule has 0 bridgehead atoms. The number of nitrogens with zero attached hydrogens (tertiary/aromatic N) is 2. The lowest BCUT2D eigenvalue weighted by atomic mass is 10.2. The first-order chi connectivity index (χ1) is 9.03. The summed E-state index contributed by atoms with van der Waals surface area (Å²) in [6, 6.07) is 7.59. The molecule has 0 amide bonds. The summed E-state index contributed by atoms with van der Waals surface area (Å²) >= 11 is 5.85. The van der Waals surface area contributed by atoms with Crippen LogP contribution in [-0.4, -0.2) is 18.6 Å². The molecule has 0 fully saturated rings. The zero-order valence-electron chi connectivity index (χ0n) is 9.59. The normalized spacial score (nSPS) is 11.2. The summed E-state index contributed by atoms with van der Waals surface area (Å²) in [5.41, 5.74) is 0.849. The van der Waals surface area contributed by atoms with Gasteiger partial charge >= 0.3 is 0 Å². The van der Waals surface area contributed by atoms with Gasteiger partial charge in [-0.25, -0.2) is 13.1 Å². The molecular formula is C11H9ClN4O2S. The molecule has 0 radical (unpaired) electrons. The van der Waals surface area contributed by atoms with Gasteiger partial charge in [-0.2, -0.15) is 10.4 Å². The molecule has 0 aliphatic heterocycles. The average Bonchev–Trinajstić information content (AvgIpc) is 2.90. The number of hydrogen-bond donors (Lipinski definition) is 2. The molecule has 2 rings (SSSR count). The van der Waals surface area contributed by atoms with Crippen LogP contribution in [0.15, 0.2) is 35.4 Å². The molecule has 0 saturated heterocycles. The second-order valence-electron chi connectivity index (χ2n) is 3.66. The zero-order chi connectivity index (χ0) is 13.9. The third kappa shape index (κ3) is 3.12. The van der Waals surface area contributed by atoms with Gasteiger partial charge in [-0.15, -0.1) is 0 Å². The maximum absolute atomic E-state index is 12.1. The van der Waals surface area contributed by atoms with Crippen LogP contribution in [0.25, 0.3) is 0 Å². The number of nitrogens with one attached hydrogen (secondary N) is 2. The lowest BCUT2D eigenvalue weighted by molar-refractivity contribution is 0.580. The van der Waals surface area contributed by atoms with Gasteiger partial charge in [0.15, 0.2) is 0 Å². The molecule has 1 aromatic heterocycles. The van der Waals surface area contributed by atoms with Crippen LogP contribution in [0.5, 0.6) is 0 Å². The molecule has 1 aromatic carbocycles. The SMILES string of the molecule is N#Cc1ccc(Cl)c(S(=O)(=O)NCc2ccn[nH]2)c1. The van der Waals surface area contributed by atoms with E-state index in [0.717, 1.165) is 0 Å². The van der Waals surface area contributed by atoms with Crippen molar-refractivity contribution >= 4 is 21.6 Å². The fourth-order valence-corrected chi connectivity index (χ4v) is 2.94. The predicted octanol–water partition coefficient (Wildman–Crippen LogP) is 1.41. The Morgan fingerprint density at radius 3 is 2.84 bits per heavy atom. The Labute approximate surface area is 115 Å². The Balaban J connectivity index is 2.27. The smallest absolute Gasteiger partial charge is 0.242 e. The topological polar surface area (TPSA) is 98.6 Å². The highest BCUT2D eigenvalue weighted by molar-refractivity contribution is 7.89. The molecule has 0 aliphatic rings. The summed E-state index contributed by atoms with van der Waals surface area (Å²) in [5.74, 6) is 0. The number of nitriles is 1. The molecule has 2 N–H and O–H groups in total. The van der Waals surface area contributed by atoms with E-state index in [9.17, 15) is 8.42 Å². The predicted molar refractivity (Wildman–Crippen MR) is 68.8 cm³/mol. The molecule has 98 valence electrons. The first-order valence-electron chi connectivity index (χ1n) is 5.20. The van der Waals surface area contributed by atoms with Gasteiger partial charge in [-0.3, -0.25) is 5.10 Å². The summed E-state index contributed by atoms with van der Waals surface area (Å²) in [5, 5.41) is 15.2. The van der Waals surface area contributed by atoms with E-state index in [2.05, 4.69) is 14.9 Å². The van der Waals surface area contributed by atoms with Gasteiger partial charge in [0, 0.05) is 6.20 Å². The standard InChI is InChI=1S/C11H9ClN4O2S/c12-10-2-1-8(6-13)5-11(10)19(17,18)15-7-9-3-4-14-16-9/h1-5,15H,7H2,(H,14,16). The van der Waals surface area contributed by atoms with Gasteiger partial charge in [0.2, 0.25) is 10.0 Å². The summed E-state index contributed by atoms with van der Waals surface area (Å²) in [4.78, 5) is -0.118. The highest BCUT2D eigenvalue weighted by Crippen LogP contribution is 2.22. The monoisotopic (exact) mass is 296 g/mol. The van der Waals surface area contributed by atoms with E-state index in [-0.39, 0.29) is 22.0 Å². The van der Waals surface area contributed by atoms with Crippen molar-refractivity contribution in [2.45, 2.75) is 11.4 Å². The minimum absolute atomic E-state index is 0.0649. The van der Waals surface area contributed by atoms with E-state index in [0.29, 0.717) is 5.69 Å². The van der Waals surface area contributed by atoms with Crippen LogP contribution in [0.4, 0.5) is 0 Å². The minimum Gasteiger partial charge on any atom is -0.281 e. The van der Waals surface area contributed by atoms with E-state index in [1.54, 1.807) is 6.07 Å². The summed E-state index contributed by atoms with van der Waals surface area (Å²) < 4.78 is 26.5. The van der Waals surface area contributed by atoms with Crippen LogP contribution >= 0.6 is 11.6 Å². The number of halogens is 1. The first kappa shape index (κ1) is 13.5. The van der Waals surface area contributed by atoms with Crippen molar-refractivity contribution in [2.24, 2.45) is 0 Å². The number of sulfonamides is 1. The first-order valence-corrected chi connectivity index (χ1v) is 7.06. The van der Waals surface area contributed by atoms with E-state index in [1.807, 2.05) is 6.07 Å². The average molecular weight is 297 g/mol. The Hall–Kier alpha value is -1.88. The third-order valence-electron chi connectivity index (χ3n) is 2.36. The molecule has 6 nitrogen and oxygen atoms in total. The number of aromatic amines is 1. The lowest BCUT2D eigenvalue weighted by Crippen LogP contribution is -2.23. The second-order valence-corrected chi connectivity index (χ2v) is 5.81. The molecule has 19 heavy (non-hydrogen) atoms. The highest BCUT2D eigenvalue weighted by Gasteiger charge is 2.18. The van der Waals surface area contributed by atoms with Crippen molar-refractivity contribution in [3.05, 3.63) is 46.7 Å². The third-order valence-corrected chi connectivity index (χ3v) is 4.24. The maximum Gasteiger partial charge on any atom is 0.242 e. The molecule has 2 aromatic rings. The van der Waals surface area contributed by atoms with Crippen LogP contribution in [0.1, 0.15) is 11.3 Å². The lowest BCUT2D eigenvalue weighted by Gasteiger charge is -2.07. The highest BCUT2D eigenvalue weighted by atomic mass is 35.5. The molecule has 8 heteroatoms. The Morgan fingerprint density at radius 2 is 2.21 bits per heavy atom. The number of benzene rings is 1. The quantitative estimate of drug-likeness (QED) is 0.891. The van der Waals surface area contributed by atoms with Crippen LogP contribution in [0, 0.1) is 11.3 Å². The number of hydrogen-bond acceptors (Lipinski definition) is 4. The molecule has 1 heterocycles. The number of aromatic nitrogens is 2. The molecule has 0 aliphatic carbocycles. The molecule has 0 saturated carbocycles. The Morgan fingerprint density at radius 1 is 1.42 bits per heavy atom. The summed E-state index contributed by atoms with van der Waals surface area (Å²) in [6.45, 7) is 0.0649. The molecule has 0 spiro atoms. The van der Waals surface area contributed by atoms with Crippen molar-refractivity contribution < 1.29 is 8.42 Å². The van der Waals surface area contributed by atoms with Crippen LogP contribution in [0.3, 0.4) is 0 Å². The van der Waals surface area contributed by atoms with Crippen molar-refractivity contribution in [3.63, 3.8) is 0 Å². The van der Waals surface area contributed by atoms with Gasteiger partial charge in [-0.05, 0) is 24.3 Å². The summed E-state index contributed by atoms with van der Waals surface area (Å²) in [6.07, 6.45) is 1.52. The van der Waals surface area contributed by atoms with E-state index in [1.165, 1.54) is 24.4 Å². The number of H-pyrrole nitrogens is 1. The molecule has 0 atom stereocenters. The van der Waals surface area contributed by atoms with Gasteiger partial charge in [0.25, 0.3) is 0 Å². The van der Waals surface area contributed by atoms with Gasteiger partial charge < -0.3 is 0 Å².